The minimum atomic E-state index is -0.115. The lowest BCUT2D eigenvalue weighted by Crippen LogP contribution is -2.32. The molecule has 1 heterocycles. The van der Waals surface area contributed by atoms with Gasteiger partial charge in [-0.1, -0.05) is 31.2 Å². The van der Waals surface area contributed by atoms with E-state index in [0.717, 1.165) is 25.6 Å². The second-order valence-electron chi connectivity index (χ2n) is 7.04. The number of nitrogens with one attached hydrogen (secondary N) is 1. The molecule has 4 heteroatoms. The number of ether oxygens (including phenoxy) is 1. The maximum absolute atomic E-state index is 12.5. The van der Waals surface area contributed by atoms with E-state index in [1.54, 1.807) is 0 Å². The van der Waals surface area contributed by atoms with Gasteiger partial charge in [0.1, 0.15) is 5.75 Å². The normalized spacial score (nSPS) is 15.6. The first-order valence-corrected chi connectivity index (χ1v) is 9.50. The molecule has 4 nitrogen and oxygen atoms in total. The Hall–Kier alpha value is -2.33. The Bertz CT molecular complexity index is 719. The summed E-state index contributed by atoms with van der Waals surface area (Å²) in [5.74, 6) is 1.42. The molecule has 2 aromatic rings. The van der Waals surface area contributed by atoms with Crippen LogP contribution in [0.1, 0.15) is 42.6 Å². The average molecular weight is 352 g/mol. The maximum atomic E-state index is 12.5. The molecule has 0 spiro atoms. The molecule has 0 bridgehead atoms. The van der Waals surface area contributed by atoms with Crippen LogP contribution in [-0.4, -0.2) is 30.5 Å². The SMILES string of the molecule is CCOc1ccccc1NC(=O)c1ccc(CN2CCC(C)CC2)cc1. The number of rotatable bonds is 6. The molecule has 0 aliphatic carbocycles. The molecule has 0 saturated carbocycles. The molecule has 0 unspecified atom stereocenters. The van der Waals surface area contributed by atoms with E-state index in [0.29, 0.717) is 23.6 Å². The van der Waals surface area contributed by atoms with Crippen LogP contribution in [0.5, 0.6) is 5.75 Å². The number of nitrogens with zero attached hydrogens (tertiary/aromatic N) is 1. The highest BCUT2D eigenvalue weighted by Crippen LogP contribution is 2.24. The summed E-state index contributed by atoms with van der Waals surface area (Å²) >= 11 is 0. The van der Waals surface area contributed by atoms with Gasteiger partial charge in [-0.05, 0) is 68.6 Å². The van der Waals surface area contributed by atoms with Crippen molar-refractivity contribution in [3.8, 4) is 5.75 Å². The summed E-state index contributed by atoms with van der Waals surface area (Å²) in [6, 6.07) is 15.4. The third-order valence-corrected chi connectivity index (χ3v) is 4.93. The average Bonchev–Trinajstić information content (AvgIpc) is 2.66. The van der Waals surface area contributed by atoms with Crippen LogP contribution in [0.15, 0.2) is 48.5 Å². The van der Waals surface area contributed by atoms with E-state index in [2.05, 4.69) is 29.3 Å². The minimum Gasteiger partial charge on any atom is -0.492 e. The summed E-state index contributed by atoms with van der Waals surface area (Å²) in [5, 5.41) is 2.94. The molecule has 0 radical (unpaired) electrons. The number of hydrogen-bond acceptors (Lipinski definition) is 3. The van der Waals surface area contributed by atoms with Crippen molar-refractivity contribution in [2.24, 2.45) is 5.92 Å². The van der Waals surface area contributed by atoms with Gasteiger partial charge in [0.25, 0.3) is 5.91 Å². The predicted octanol–water partition coefficient (Wildman–Crippen LogP) is 4.57. The van der Waals surface area contributed by atoms with Gasteiger partial charge < -0.3 is 10.1 Å². The highest BCUT2D eigenvalue weighted by Gasteiger charge is 2.16. The van der Waals surface area contributed by atoms with Crippen molar-refractivity contribution in [3.05, 3.63) is 59.7 Å². The van der Waals surface area contributed by atoms with Gasteiger partial charge in [0, 0.05) is 12.1 Å². The zero-order valence-corrected chi connectivity index (χ0v) is 15.7. The second kappa shape index (κ2) is 8.86. The summed E-state index contributed by atoms with van der Waals surface area (Å²) in [6.45, 7) is 8.11. The van der Waals surface area contributed by atoms with E-state index in [9.17, 15) is 4.79 Å². The van der Waals surface area contributed by atoms with Gasteiger partial charge in [-0.3, -0.25) is 9.69 Å². The highest BCUT2D eigenvalue weighted by molar-refractivity contribution is 6.05. The molecule has 1 aliphatic heterocycles. The zero-order chi connectivity index (χ0) is 18.4. The largest absolute Gasteiger partial charge is 0.492 e. The van der Waals surface area contributed by atoms with E-state index in [1.807, 2.05) is 43.3 Å². The van der Waals surface area contributed by atoms with E-state index < -0.39 is 0 Å². The van der Waals surface area contributed by atoms with Gasteiger partial charge >= 0.3 is 0 Å². The summed E-state index contributed by atoms with van der Waals surface area (Å²) < 4.78 is 5.56. The number of amides is 1. The van der Waals surface area contributed by atoms with Crippen molar-refractivity contribution < 1.29 is 9.53 Å². The molecule has 1 aliphatic rings. The Morgan fingerprint density at radius 1 is 1.12 bits per heavy atom. The van der Waals surface area contributed by atoms with E-state index in [4.69, 9.17) is 4.74 Å². The van der Waals surface area contributed by atoms with Crippen molar-refractivity contribution >= 4 is 11.6 Å². The van der Waals surface area contributed by atoms with Crippen molar-refractivity contribution in [2.75, 3.05) is 25.0 Å². The molecule has 3 rings (SSSR count). The standard InChI is InChI=1S/C22H28N2O2/c1-3-26-21-7-5-4-6-20(21)23-22(25)19-10-8-18(9-11-19)16-24-14-12-17(2)13-15-24/h4-11,17H,3,12-16H2,1-2H3,(H,23,25). The van der Waals surface area contributed by atoms with Gasteiger partial charge in [0.15, 0.2) is 0 Å². The number of benzene rings is 2. The second-order valence-corrected chi connectivity index (χ2v) is 7.04. The fourth-order valence-electron chi connectivity index (χ4n) is 3.29. The molecule has 138 valence electrons. The summed E-state index contributed by atoms with van der Waals surface area (Å²) in [6.07, 6.45) is 2.56. The molecule has 1 saturated heterocycles. The number of likely N-dealkylation sites (tertiary alicyclic amines) is 1. The van der Waals surface area contributed by atoms with E-state index in [-0.39, 0.29) is 5.91 Å². The molecule has 2 aromatic carbocycles. The Labute approximate surface area is 156 Å². The fraction of sp³-hybridized carbons (Fsp3) is 0.409. The number of para-hydroxylation sites is 2. The summed E-state index contributed by atoms with van der Waals surface area (Å²) in [7, 11) is 0. The first-order valence-electron chi connectivity index (χ1n) is 9.50. The smallest absolute Gasteiger partial charge is 0.255 e. The number of hydrogen-bond donors (Lipinski definition) is 1. The van der Waals surface area contributed by atoms with E-state index in [1.165, 1.54) is 18.4 Å². The third-order valence-electron chi connectivity index (χ3n) is 4.93. The molecular formula is C22H28N2O2. The van der Waals surface area contributed by atoms with Gasteiger partial charge in [-0.15, -0.1) is 0 Å². The molecule has 0 atom stereocenters. The Kier molecular flexibility index (Phi) is 6.29. The molecule has 1 N–H and O–H groups in total. The number of anilines is 1. The van der Waals surface area contributed by atoms with Crippen molar-refractivity contribution in [1.29, 1.82) is 0 Å². The summed E-state index contributed by atoms with van der Waals surface area (Å²) in [5.41, 5.74) is 2.61. The molecule has 1 fully saturated rings. The Morgan fingerprint density at radius 3 is 2.50 bits per heavy atom. The monoisotopic (exact) mass is 352 g/mol. The molecule has 26 heavy (non-hydrogen) atoms. The van der Waals surface area contributed by atoms with Gasteiger partial charge in [0.2, 0.25) is 0 Å². The van der Waals surface area contributed by atoms with Gasteiger partial charge in [-0.25, -0.2) is 0 Å². The fourth-order valence-corrected chi connectivity index (χ4v) is 3.29. The maximum Gasteiger partial charge on any atom is 0.255 e. The van der Waals surface area contributed by atoms with Crippen LogP contribution >= 0.6 is 0 Å². The highest BCUT2D eigenvalue weighted by atomic mass is 16.5. The summed E-state index contributed by atoms with van der Waals surface area (Å²) in [4.78, 5) is 15.0. The topological polar surface area (TPSA) is 41.6 Å². The van der Waals surface area contributed by atoms with Gasteiger partial charge in [0.05, 0.1) is 12.3 Å². The number of carbonyl (C=O) groups excluding carboxylic acids is 1. The first-order chi connectivity index (χ1) is 12.7. The third kappa shape index (κ3) is 4.85. The van der Waals surface area contributed by atoms with Crippen LogP contribution in [0.25, 0.3) is 0 Å². The quantitative estimate of drug-likeness (QED) is 0.828. The molecule has 0 aromatic heterocycles. The van der Waals surface area contributed by atoms with Crippen LogP contribution in [-0.2, 0) is 6.54 Å². The first kappa shape index (κ1) is 18.5. The van der Waals surface area contributed by atoms with Crippen LogP contribution in [0.4, 0.5) is 5.69 Å². The zero-order valence-electron chi connectivity index (χ0n) is 15.7. The minimum absolute atomic E-state index is 0.115. The lowest BCUT2D eigenvalue weighted by atomic mass is 9.99. The van der Waals surface area contributed by atoms with Crippen LogP contribution < -0.4 is 10.1 Å². The predicted molar refractivity (Wildman–Crippen MR) is 106 cm³/mol. The van der Waals surface area contributed by atoms with Crippen LogP contribution in [0.2, 0.25) is 0 Å². The number of piperidine rings is 1. The van der Waals surface area contributed by atoms with Crippen molar-refractivity contribution in [2.45, 2.75) is 33.2 Å². The molecular weight excluding hydrogens is 324 g/mol. The Morgan fingerprint density at radius 2 is 1.81 bits per heavy atom. The van der Waals surface area contributed by atoms with E-state index >= 15 is 0 Å². The van der Waals surface area contributed by atoms with Crippen LogP contribution in [0, 0.1) is 5.92 Å². The number of carbonyl (C=O) groups is 1. The van der Waals surface area contributed by atoms with Crippen molar-refractivity contribution in [3.63, 3.8) is 0 Å². The Balaban J connectivity index is 1.60. The lowest BCUT2D eigenvalue weighted by molar-refractivity contribution is 0.102. The van der Waals surface area contributed by atoms with Crippen molar-refractivity contribution in [1.82, 2.24) is 4.90 Å². The van der Waals surface area contributed by atoms with Gasteiger partial charge in [-0.2, -0.15) is 0 Å². The van der Waals surface area contributed by atoms with Crippen LogP contribution in [0.3, 0.4) is 0 Å². The lowest BCUT2D eigenvalue weighted by Gasteiger charge is -2.30. The molecule has 1 amide bonds.